The highest BCUT2D eigenvalue weighted by Crippen LogP contribution is 2.23. The van der Waals surface area contributed by atoms with Crippen LogP contribution in [0.4, 0.5) is 4.79 Å². The van der Waals surface area contributed by atoms with Crippen molar-refractivity contribution in [3.63, 3.8) is 0 Å². The quantitative estimate of drug-likeness (QED) is 0.801. The van der Waals surface area contributed by atoms with Crippen molar-refractivity contribution in [3.8, 4) is 0 Å². The van der Waals surface area contributed by atoms with E-state index in [1.54, 1.807) is 24.3 Å². The van der Waals surface area contributed by atoms with Crippen molar-refractivity contribution in [3.05, 3.63) is 35.0 Å². The Balaban J connectivity index is 1.44. The van der Waals surface area contributed by atoms with Crippen LogP contribution in [0.25, 0.3) is 11.0 Å². The molecule has 0 unspecified atom stereocenters. The molecule has 0 radical (unpaired) electrons. The zero-order chi connectivity index (χ0) is 20.3. The molecule has 1 aliphatic rings. The second kappa shape index (κ2) is 8.41. The fraction of sp³-hybridized carbons (Fsp3) is 0.500. The highest BCUT2D eigenvalue weighted by molar-refractivity contribution is 6.31. The zero-order valence-corrected chi connectivity index (χ0v) is 17.1. The maximum Gasteiger partial charge on any atom is 0.407 e. The van der Waals surface area contributed by atoms with Gasteiger partial charge in [-0.3, -0.25) is 10.2 Å². The fourth-order valence-corrected chi connectivity index (χ4v) is 3.30. The van der Waals surface area contributed by atoms with Crippen LogP contribution in [0.3, 0.4) is 0 Å². The predicted octanol–water partition coefficient (Wildman–Crippen LogP) is 3.97. The average Bonchev–Trinajstić information content (AvgIpc) is 3.03. The molecule has 2 amide bonds. The Hall–Kier alpha value is -2.25. The van der Waals surface area contributed by atoms with Gasteiger partial charge in [-0.15, -0.1) is 0 Å². The van der Waals surface area contributed by atoms with Crippen molar-refractivity contribution in [1.29, 1.82) is 0 Å². The van der Waals surface area contributed by atoms with Crippen LogP contribution >= 0.6 is 11.6 Å². The largest absolute Gasteiger partial charge is 0.451 e. The standard InChI is InChI=1S/C20H26ClN3O4/c1-20(2,3)28-19(26)22-12-13-6-8-24(9-7-13)23-18(25)17-11-14-10-15(21)4-5-16(14)27-17/h4-5,10-11,13H,6-9,12H2,1-3H3,(H,22,26)(H,23,25). The van der Waals surface area contributed by atoms with Crippen molar-refractivity contribution in [1.82, 2.24) is 15.8 Å². The van der Waals surface area contributed by atoms with Gasteiger partial charge in [0.25, 0.3) is 0 Å². The van der Waals surface area contributed by atoms with Gasteiger partial charge in [0.2, 0.25) is 0 Å². The first-order valence-corrected chi connectivity index (χ1v) is 9.79. The number of piperidine rings is 1. The second-order valence-electron chi connectivity index (χ2n) is 8.05. The molecule has 0 saturated carbocycles. The van der Waals surface area contributed by atoms with Gasteiger partial charge in [-0.25, -0.2) is 9.80 Å². The molecule has 0 aliphatic carbocycles. The minimum atomic E-state index is -0.500. The van der Waals surface area contributed by atoms with Gasteiger partial charge < -0.3 is 14.5 Å². The summed E-state index contributed by atoms with van der Waals surface area (Å²) in [6.45, 7) is 7.50. The zero-order valence-electron chi connectivity index (χ0n) is 16.4. The lowest BCUT2D eigenvalue weighted by Crippen LogP contribution is -2.48. The van der Waals surface area contributed by atoms with E-state index in [2.05, 4.69) is 10.7 Å². The van der Waals surface area contributed by atoms with Crippen molar-refractivity contribution < 1.29 is 18.7 Å². The van der Waals surface area contributed by atoms with Crippen LogP contribution in [-0.2, 0) is 4.74 Å². The van der Waals surface area contributed by atoms with E-state index in [1.165, 1.54) is 0 Å². The number of halogens is 1. The second-order valence-corrected chi connectivity index (χ2v) is 8.48. The first-order valence-electron chi connectivity index (χ1n) is 9.41. The molecule has 1 fully saturated rings. The van der Waals surface area contributed by atoms with Gasteiger partial charge in [-0.05, 0) is 63.8 Å². The van der Waals surface area contributed by atoms with E-state index in [4.69, 9.17) is 20.8 Å². The molecule has 1 saturated heterocycles. The van der Waals surface area contributed by atoms with Gasteiger partial charge in [0.15, 0.2) is 5.76 Å². The summed E-state index contributed by atoms with van der Waals surface area (Å²) in [5, 5.41) is 6.09. The van der Waals surface area contributed by atoms with Crippen molar-refractivity contribution in [2.45, 2.75) is 39.2 Å². The number of benzene rings is 1. The van der Waals surface area contributed by atoms with Crippen molar-refractivity contribution >= 4 is 34.6 Å². The Labute approximate surface area is 169 Å². The monoisotopic (exact) mass is 407 g/mol. The lowest BCUT2D eigenvalue weighted by molar-refractivity contribution is 0.0500. The van der Waals surface area contributed by atoms with E-state index < -0.39 is 11.7 Å². The summed E-state index contributed by atoms with van der Waals surface area (Å²) in [6.07, 6.45) is 1.34. The molecule has 1 aromatic heterocycles. The van der Waals surface area contributed by atoms with Gasteiger partial charge in [-0.2, -0.15) is 0 Å². The van der Waals surface area contributed by atoms with E-state index in [1.807, 2.05) is 25.8 Å². The number of amides is 2. The number of fused-ring (bicyclic) bond motifs is 1. The SMILES string of the molecule is CC(C)(C)OC(=O)NCC1CCN(NC(=O)c2cc3cc(Cl)ccc3o2)CC1. The molecule has 7 nitrogen and oxygen atoms in total. The molecule has 2 heterocycles. The third-order valence-corrected chi connectivity index (χ3v) is 4.75. The summed E-state index contributed by atoms with van der Waals surface area (Å²) in [6, 6.07) is 6.93. The third-order valence-electron chi connectivity index (χ3n) is 4.51. The molecule has 2 N–H and O–H groups in total. The maximum atomic E-state index is 12.4. The highest BCUT2D eigenvalue weighted by atomic mass is 35.5. The van der Waals surface area contributed by atoms with Crippen LogP contribution in [0.2, 0.25) is 5.02 Å². The van der Waals surface area contributed by atoms with Crippen LogP contribution in [0.1, 0.15) is 44.2 Å². The number of alkyl carbamates (subject to hydrolysis) is 1. The first-order chi connectivity index (χ1) is 13.2. The maximum absolute atomic E-state index is 12.4. The topological polar surface area (TPSA) is 83.8 Å². The number of carbonyl (C=O) groups is 2. The Morgan fingerprint density at radius 2 is 1.96 bits per heavy atom. The molecular formula is C20H26ClN3O4. The van der Waals surface area contributed by atoms with Crippen LogP contribution < -0.4 is 10.7 Å². The van der Waals surface area contributed by atoms with Crippen molar-refractivity contribution in [2.24, 2.45) is 5.92 Å². The Bertz CT molecular complexity index is 851. The molecule has 0 spiro atoms. The van der Waals surface area contributed by atoms with Crippen molar-refractivity contribution in [2.75, 3.05) is 19.6 Å². The summed E-state index contributed by atoms with van der Waals surface area (Å²) in [4.78, 5) is 24.2. The van der Waals surface area contributed by atoms with E-state index in [-0.39, 0.29) is 11.7 Å². The minimum absolute atomic E-state index is 0.256. The van der Waals surface area contributed by atoms with E-state index in [9.17, 15) is 9.59 Å². The molecule has 0 atom stereocenters. The smallest absolute Gasteiger partial charge is 0.407 e. The number of hydrogen-bond donors (Lipinski definition) is 2. The number of hydrazine groups is 1. The lowest BCUT2D eigenvalue weighted by atomic mass is 9.98. The lowest BCUT2D eigenvalue weighted by Gasteiger charge is -2.32. The molecular weight excluding hydrogens is 382 g/mol. The summed E-state index contributed by atoms with van der Waals surface area (Å²) < 4.78 is 10.8. The van der Waals surface area contributed by atoms with E-state index >= 15 is 0 Å². The molecule has 1 aliphatic heterocycles. The number of hydrogen-bond acceptors (Lipinski definition) is 5. The highest BCUT2D eigenvalue weighted by Gasteiger charge is 2.23. The number of ether oxygens (including phenoxy) is 1. The Morgan fingerprint density at radius 3 is 2.64 bits per heavy atom. The van der Waals surface area contributed by atoms with Crippen LogP contribution in [0, 0.1) is 5.92 Å². The minimum Gasteiger partial charge on any atom is -0.451 e. The molecule has 0 bridgehead atoms. The molecule has 2 aromatic rings. The average molecular weight is 408 g/mol. The molecule has 3 rings (SSSR count). The van der Waals surface area contributed by atoms with E-state index in [0.29, 0.717) is 36.2 Å². The summed E-state index contributed by atoms with van der Waals surface area (Å²) in [5.41, 5.74) is 3.01. The number of carbonyl (C=O) groups excluding carboxylic acids is 2. The summed E-state index contributed by atoms with van der Waals surface area (Å²) in [5.74, 6) is 0.331. The fourth-order valence-electron chi connectivity index (χ4n) is 3.12. The number of furan rings is 1. The van der Waals surface area contributed by atoms with Gasteiger partial charge >= 0.3 is 12.0 Å². The van der Waals surface area contributed by atoms with Gasteiger partial charge in [0.05, 0.1) is 0 Å². The van der Waals surface area contributed by atoms with Crippen LogP contribution in [0.15, 0.2) is 28.7 Å². The summed E-state index contributed by atoms with van der Waals surface area (Å²) in [7, 11) is 0. The molecule has 152 valence electrons. The number of rotatable bonds is 4. The van der Waals surface area contributed by atoms with Gasteiger partial charge in [0, 0.05) is 30.0 Å². The first kappa shape index (κ1) is 20.5. The van der Waals surface area contributed by atoms with Crippen LogP contribution in [0.5, 0.6) is 0 Å². The Morgan fingerprint density at radius 1 is 1.25 bits per heavy atom. The predicted molar refractivity (Wildman–Crippen MR) is 107 cm³/mol. The third kappa shape index (κ3) is 5.62. The molecule has 28 heavy (non-hydrogen) atoms. The van der Waals surface area contributed by atoms with Crippen LogP contribution in [-0.4, -0.2) is 42.2 Å². The number of nitrogens with one attached hydrogen (secondary N) is 2. The number of nitrogens with zero attached hydrogens (tertiary/aromatic N) is 1. The Kier molecular flexibility index (Phi) is 6.15. The van der Waals surface area contributed by atoms with Gasteiger partial charge in [-0.1, -0.05) is 11.6 Å². The molecule has 1 aromatic carbocycles. The normalized spacial score (nSPS) is 16.1. The summed E-state index contributed by atoms with van der Waals surface area (Å²) >= 11 is 5.97. The van der Waals surface area contributed by atoms with E-state index in [0.717, 1.165) is 18.2 Å². The van der Waals surface area contributed by atoms with Gasteiger partial charge in [0.1, 0.15) is 11.2 Å². The molecule has 8 heteroatoms.